The lowest BCUT2D eigenvalue weighted by Crippen LogP contribution is -2.49. The van der Waals surface area contributed by atoms with Crippen LogP contribution in [0.2, 0.25) is 0 Å². The lowest BCUT2D eigenvalue weighted by atomic mass is 9.48. The Bertz CT molecular complexity index is 775. The number of fused-ring (bicyclic) bond motifs is 5. The molecule has 7 atom stereocenters. The van der Waals surface area contributed by atoms with Crippen molar-refractivity contribution >= 4 is 11.8 Å². The summed E-state index contributed by atoms with van der Waals surface area (Å²) in [5.74, 6) is 3.06. The molecule has 4 rings (SSSR count). The zero-order chi connectivity index (χ0) is 20.8. The highest BCUT2D eigenvalue weighted by Crippen LogP contribution is 2.66. The van der Waals surface area contributed by atoms with Gasteiger partial charge in [0.2, 0.25) is 0 Å². The summed E-state index contributed by atoms with van der Waals surface area (Å²) in [7, 11) is 0. The topological polar surface area (TPSA) is 43.4 Å². The van der Waals surface area contributed by atoms with Crippen molar-refractivity contribution in [3.8, 4) is 0 Å². The molecule has 0 saturated heterocycles. The number of allylic oxidation sites excluding steroid dienone is 5. The van der Waals surface area contributed by atoms with E-state index in [1.807, 2.05) is 13.0 Å². The van der Waals surface area contributed by atoms with Gasteiger partial charge in [-0.1, -0.05) is 39.0 Å². The second kappa shape index (κ2) is 7.56. The highest BCUT2D eigenvalue weighted by molar-refractivity contribution is 5.92. The highest BCUT2D eigenvalue weighted by atomic mass is 16.5. The summed E-state index contributed by atoms with van der Waals surface area (Å²) < 4.78 is 5.06. The van der Waals surface area contributed by atoms with Crippen LogP contribution < -0.4 is 0 Å². The van der Waals surface area contributed by atoms with Crippen molar-refractivity contribution in [1.29, 1.82) is 0 Å². The first-order valence-electron chi connectivity index (χ1n) is 11.6. The summed E-state index contributed by atoms with van der Waals surface area (Å²) in [6.07, 6.45) is 17.1. The third-order valence-corrected chi connectivity index (χ3v) is 9.05. The maximum atomic E-state index is 12.0. The van der Waals surface area contributed by atoms with Gasteiger partial charge in [-0.25, -0.2) is 4.79 Å². The molecule has 0 aromatic carbocycles. The smallest absolute Gasteiger partial charge is 0.330 e. The highest BCUT2D eigenvalue weighted by Gasteiger charge is 2.58. The van der Waals surface area contributed by atoms with E-state index in [0.29, 0.717) is 53.8 Å². The average molecular weight is 397 g/mol. The molecule has 4 aliphatic carbocycles. The maximum absolute atomic E-state index is 12.0. The zero-order valence-electron chi connectivity index (χ0n) is 18.4. The molecule has 3 nitrogen and oxygen atoms in total. The first kappa shape index (κ1) is 20.6. The van der Waals surface area contributed by atoms with Crippen LogP contribution in [0, 0.1) is 40.4 Å². The molecule has 0 spiro atoms. The molecule has 0 heterocycles. The molecular weight excluding hydrogens is 360 g/mol. The quantitative estimate of drug-likeness (QED) is 0.454. The van der Waals surface area contributed by atoms with Gasteiger partial charge in [0.15, 0.2) is 5.78 Å². The van der Waals surface area contributed by atoms with Gasteiger partial charge in [-0.2, -0.15) is 0 Å². The van der Waals surface area contributed by atoms with Crippen molar-refractivity contribution in [2.45, 2.75) is 66.2 Å². The van der Waals surface area contributed by atoms with E-state index in [0.717, 1.165) is 6.42 Å². The summed E-state index contributed by atoms with van der Waals surface area (Å²) in [6.45, 7) is 9.46. The van der Waals surface area contributed by atoms with E-state index in [-0.39, 0.29) is 11.4 Å². The first-order chi connectivity index (χ1) is 13.8. The van der Waals surface area contributed by atoms with E-state index in [2.05, 4.69) is 39.0 Å². The predicted molar refractivity (Wildman–Crippen MR) is 115 cm³/mol. The Hall–Kier alpha value is -1.64. The molecule has 0 radical (unpaired) electrons. The van der Waals surface area contributed by atoms with Crippen molar-refractivity contribution < 1.29 is 14.3 Å². The molecule has 158 valence electrons. The number of hydrogen-bond donors (Lipinski definition) is 0. The average Bonchev–Trinajstić information content (AvgIpc) is 3.04. The SMILES string of the molecule is CCOC(=O)/C=C/C(C)[C@H]1CC[C@H]2[C@@H]3C=CC4=CC(=O)CC[C@]4(C)[C@H]3CC[C@]12C. The van der Waals surface area contributed by atoms with Crippen LogP contribution in [0.5, 0.6) is 0 Å². The molecule has 1 unspecified atom stereocenters. The van der Waals surface area contributed by atoms with Crippen molar-refractivity contribution in [1.82, 2.24) is 0 Å². The van der Waals surface area contributed by atoms with Crippen LogP contribution in [0.3, 0.4) is 0 Å². The molecule has 0 aromatic rings. The second-order valence-electron chi connectivity index (χ2n) is 10.3. The Kier molecular flexibility index (Phi) is 5.38. The Morgan fingerprint density at radius 1 is 1.24 bits per heavy atom. The van der Waals surface area contributed by atoms with Gasteiger partial charge in [-0.15, -0.1) is 0 Å². The van der Waals surface area contributed by atoms with Crippen LogP contribution in [-0.2, 0) is 14.3 Å². The molecular formula is C26H36O3. The van der Waals surface area contributed by atoms with Crippen LogP contribution in [0.15, 0.2) is 36.0 Å². The van der Waals surface area contributed by atoms with E-state index in [9.17, 15) is 9.59 Å². The minimum Gasteiger partial charge on any atom is -0.463 e. The van der Waals surface area contributed by atoms with Gasteiger partial charge < -0.3 is 4.74 Å². The Morgan fingerprint density at radius 2 is 2.03 bits per heavy atom. The van der Waals surface area contributed by atoms with Gasteiger partial charge in [0.05, 0.1) is 6.61 Å². The van der Waals surface area contributed by atoms with Crippen molar-refractivity contribution in [2.24, 2.45) is 40.4 Å². The summed E-state index contributed by atoms with van der Waals surface area (Å²) in [5.41, 5.74) is 1.77. The van der Waals surface area contributed by atoms with Crippen molar-refractivity contribution in [2.75, 3.05) is 6.61 Å². The molecule has 0 amide bonds. The Labute approximate surface area is 175 Å². The van der Waals surface area contributed by atoms with E-state index < -0.39 is 0 Å². The molecule has 29 heavy (non-hydrogen) atoms. The monoisotopic (exact) mass is 396 g/mol. The Balaban J connectivity index is 1.56. The third kappa shape index (κ3) is 3.35. The molecule has 0 bridgehead atoms. The number of esters is 1. The third-order valence-electron chi connectivity index (χ3n) is 9.05. The maximum Gasteiger partial charge on any atom is 0.330 e. The normalized spacial score (nSPS) is 42.1. The van der Waals surface area contributed by atoms with Crippen LogP contribution >= 0.6 is 0 Å². The lowest BCUT2D eigenvalue weighted by Gasteiger charge is -2.56. The largest absolute Gasteiger partial charge is 0.463 e. The van der Waals surface area contributed by atoms with E-state index in [1.54, 1.807) is 6.08 Å². The van der Waals surface area contributed by atoms with E-state index in [4.69, 9.17) is 4.74 Å². The first-order valence-corrected chi connectivity index (χ1v) is 11.6. The molecule has 0 aliphatic heterocycles. The molecule has 0 N–H and O–H groups in total. The molecule has 0 aromatic heterocycles. The van der Waals surface area contributed by atoms with E-state index >= 15 is 0 Å². The number of ketones is 1. The Morgan fingerprint density at radius 3 is 2.79 bits per heavy atom. The van der Waals surface area contributed by atoms with Gasteiger partial charge in [0, 0.05) is 12.5 Å². The van der Waals surface area contributed by atoms with Gasteiger partial charge in [0.1, 0.15) is 0 Å². The lowest BCUT2D eigenvalue weighted by molar-refractivity contribution is -0.137. The van der Waals surface area contributed by atoms with Gasteiger partial charge in [-0.05, 0) is 91.1 Å². The van der Waals surface area contributed by atoms with Crippen LogP contribution in [0.1, 0.15) is 66.2 Å². The number of hydrogen-bond acceptors (Lipinski definition) is 3. The minimum atomic E-state index is -0.225. The van der Waals surface area contributed by atoms with Crippen molar-refractivity contribution in [3.05, 3.63) is 36.0 Å². The molecule has 4 aliphatic rings. The number of rotatable bonds is 4. The van der Waals surface area contributed by atoms with Crippen molar-refractivity contribution in [3.63, 3.8) is 0 Å². The predicted octanol–water partition coefficient (Wildman–Crippen LogP) is 5.67. The van der Waals surface area contributed by atoms with Crippen LogP contribution in [-0.4, -0.2) is 18.4 Å². The van der Waals surface area contributed by atoms with Gasteiger partial charge >= 0.3 is 5.97 Å². The fourth-order valence-electron chi connectivity index (χ4n) is 7.46. The summed E-state index contributed by atoms with van der Waals surface area (Å²) >= 11 is 0. The molecule has 2 fully saturated rings. The fourth-order valence-corrected chi connectivity index (χ4v) is 7.46. The minimum absolute atomic E-state index is 0.169. The molecule has 3 heteroatoms. The summed E-state index contributed by atoms with van der Waals surface area (Å²) in [5, 5.41) is 0. The summed E-state index contributed by atoms with van der Waals surface area (Å²) in [4.78, 5) is 23.7. The van der Waals surface area contributed by atoms with Gasteiger partial charge in [-0.3, -0.25) is 4.79 Å². The van der Waals surface area contributed by atoms with E-state index in [1.165, 1.54) is 31.3 Å². The summed E-state index contributed by atoms with van der Waals surface area (Å²) in [6, 6.07) is 0. The zero-order valence-corrected chi connectivity index (χ0v) is 18.4. The van der Waals surface area contributed by atoms with Crippen LogP contribution in [0.25, 0.3) is 0 Å². The second-order valence-corrected chi connectivity index (χ2v) is 10.3. The number of carbonyl (C=O) groups excluding carboxylic acids is 2. The standard InChI is InChI=1S/C26H36O3/c1-5-29-24(28)11-6-17(2)21-9-10-22-20-8-7-18-16-19(27)12-14-25(18,3)23(20)13-15-26(21,22)4/h6-8,11,16-17,20-23H,5,9-10,12-15H2,1-4H3/b11-6+/t17?,20-,21+,22-,23-,25-,26+/m0/s1. The number of carbonyl (C=O) groups is 2. The van der Waals surface area contributed by atoms with Crippen LogP contribution in [0.4, 0.5) is 0 Å². The number of ether oxygens (including phenoxy) is 1. The fraction of sp³-hybridized carbons (Fsp3) is 0.692. The molecule has 2 saturated carbocycles. The van der Waals surface area contributed by atoms with Gasteiger partial charge in [0.25, 0.3) is 0 Å².